The molecule has 0 aliphatic carbocycles. The van der Waals surface area contributed by atoms with Crippen molar-refractivity contribution in [3.63, 3.8) is 0 Å². The van der Waals surface area contributed by atoms with Gasteiger partial charge in [0.2, 0.25) is 0 Å². The van der Waals surface area contributed by atoms with Crippen molar-refractivity contribution < 1.29 is 14.3 Å². The number of ketones is 1. The Balaban J connectivity index is 1.77. The second-order valence-corrected chi connectivity index (χ2v) is 5.98. The molecule has 2 aromatic rings. The zero-order chi connectivity index (χ0) is 16.2. The number of amides is 1. The summed E-state index contributed by atoms with van der Waals surface area (Å²) < 4.78 is 5.91. The van der Waals surface area contributed by atoms with Crippen LogP contribution in [0.5, 0.6) is 0 Å². The summed E-state index contributed by atoms with van der Waals surface area (Å²) in [5.41, 5.74) is 2.16. The molecule has 1 aliphatic heterocycles. The minimum absolute atomic E-state index is 0.109. The molecule has 0 N–H and O–H groups in total. The number of cyclic esters (lactones) is 1. The Morgan fingerprint density at radius 1 is 1.17 bits per heavy atom. The first-order valence-electron chi connectivity index (χ1n) is 7.16. The molecule has 0 unspecified atom stereocenters. The van der Waals surface area contributed by atoms with E-state index in [9.17, 15) is 9.59 Å². The first-order valence-corrected chi connectivity index (χ1v) is 7.95. The standard InChI is InChI=1S/C18H14BrNO3/c19-15-7-4-13(5-8-15)6-9-17(21)14-2-1-3-16(12-14)20-10-11-23-18(20)22/h1-9,12H,10-11H2/b9-6+. The molecule has 0 spiro atoms. The summed E-state index contributed by atoms with van der Waals surface area (Å²) in [4.78, 5) is 25.4. The van der Waals surface area contributed by atoms with E-state index >= 15 is 0 Å². The summed E-state index contributed by atoms with van der Waals surface area (Å²) in [6.45, 7) is 0.881. The lowest BCUT2D eigenvalue weighted by Crippen LogP contribution is -2.23. The van der Waals surface area contributed by atoms with Crippen LogP contribution in [0.3, 0.4) is 0 Å². The molecule has 1 fully saturated rings. The first kappa shape index (κ1) is 15.5. The van der Waals surface area contributed by atoms with Crippen LogP contribution in [-0.4, -0.2) is 25.0 Å². The maximum atomic E-state index is 12.3. The molecular weight excluding hydrogens is 358 g/mol. The van der Waals surface area contributed by atoms with Gasteiger partial charge in [-0.25, -0.2) is 4.79 Å². The van der Waals surface area contributed by atoms with E-state index in [-0.39, 0.29) is 11.9 Å². The van der Waals surface area contributed by atoms with Crippen molar-refractivity contribution in [1.82, 2.24) is 0 Å². The minimum atomic E-state index is -0.375. The van der Waals surface area contributed by atoms with Gasteiger partial charge in [0, 0.05) is 15.7 Å². The highest BCUT2D eigenvalue weighted by Crippen LogP contribution is 2.20. The lowest BCUT2D eigenvalue weighted by molar-refractivity contribution is 0.104. The van der Waals surface area contributed by atoms with Crippen molar-refractivity contribution in [2.45, 2.75) is 0 Å². The van der Waals surface area contributed by atoms with E-state index in [0.717, 1.165) is 10.0 Å². The zero-order valence-corrected chi connectivity index (χ0v) is 13.8. The van der Waals surface area contributed by atoms with Gasteiger partial charge in [-0.1, -0.05) is 46.3 Å². The molecular formula is C18H14BrNO3. The fourth-order valence-corrected chi connectivity index (χ4v) is 2.56. The Morgan fingerprint density at radius 2 is 1.96 bits per heavy atom. The van der Waals surface area contributed by atoms with Gasteiger partial charge in [0.1, 0.15) is 6.61 Å². The van der Waals surface area contributed by atoms with Crippen LogP contribution in [0.2, 0.25) is 0 Å². The highest BCUT2D eigenvalue weighted by molar-refractivity contribution is 9.10. The van der Waals surface area contributed by atoms with Crippen LogP contribution in [0.1, 0.15) is 15.9 Å². The van der Waals surface area contributed by atoms with Gasteiger partial charge in [-0.2, -0.15) is 0 Å². The van der Waals surface area contributed by atoms with E-state index in [1.165, 1.54) is 11.0 Å². The van der Waals surface area contributed by atoms with Crippen molar-refractivity contribution in [2.75, 3.05) is 18.1 Å². The Hall–Kier alpha value is -2.40. The highest BCUT2D eigenvalue weighted by atomic mass is 79.9. The van der Waals surface area contributed by atoms with E-state index < -0.39 is 0 Å². The normalized spacial score (nSPS) is 14.3. The summed E-state index contributed by atoms with van der Waals surface area (Å²) in [5.74, 6) is -0.109. The van der Waals surface area contributed by atoms with Gasteiger partial charge in [0.25, 0.3) is 0 Å². The average Bonchev–Trinajstić information content (AvgIpc) is 3.00. The molecule has 1 saturated heterocycles. The summed E-state index contributed by atoms with van der Waals surface area (Å²) in [5, 5.41) is 0. The zero-order valence-electron chi connectivity index (χ0n) is 12.2. The van der Waals surface area contributed by atoms with Gasteiger partial charge in [0.05, 0.1) is 6.54 Å². The largest absolute Gasteiger partial charge is 0.447 e. The molecule has 0 saturated carbocycles. The molecule has 4 nitrogen and oxygen atoms in total. The van der Waals surface area contributed by atoms with E-state index in [1.807, 2.05) is 24.3 Å². The monoisotopic (exact) mass is 371 g/mol. The summed E-state index contributed by atoms with van der Waals surface area (Å²) >= 11 is 3.37. The molecule has 0 atom stereocenters. The molecule has 1 amide bonds. The fraction of sp³-hybridized carbons (Fsp3) is 0.111. The SMILES string of the molecule is O=C(/C=C/c1ccc(Br)cc1)c1cccc(N2CCOC2=O)c1. The summed E-state index contributed by atoms with van der Waals surface area (Å²) in [7, 11) is 0. The second-order valence-electron chi connectivity index (χ2n) is 5.07. The van der Waals surface area contributed by atoms with Crippen LogP contribution in [0.4, 0.5) is 10.5 Å². The van der Waals surface area contributed by atoms with Crippen LogP contribution in [0, 0.1) is 0 Å². The topological polar surface area (TPSA) is 46.6 Å². The second kappa shape index (κ2) is 6.79. The van der Waals surface area contributed by atoms with Gasteiger partial charge < -0.3 is 4.74 Å². The van der Waals surface area contributed by atoms with Crippen molar-refractivity contribution in [1.29, 1.82) is 0 Å². The van der Waals surface area contributed by atoms with Crippen molar-refractivity contribution in [2.24, 2.45) is 0 Å². The summed E-state index contributed by atoms with van der Waals surface area (Å²) in [6.07, 6.45) is 2.93. The molecule has 116 valence electrons. The predicted octanol–water partition coefficient (Wildman–Crippen LogP) is 4.30. The van der Waals surface area contributed by atoms with E-state index in [2.05, 4.69) is 15.9 Å². The molecule has 5 heteroatoms. The molecule has 0 aromatic heterocycles. The number of nitrogens with zero attached hydrogens (tertiary/aromatic N) is 1. The van der Waals surface area contributed by atoms with Gasteiger partial charge >= 0.3 is 6.09 Å². The lowest BCUT2D eigenvalue weighted by Gasteiger charge is -2.13. The van der Waals surface area contributed by atoms with Crippen LogP contribution in [-0.2, 0) is 4.74 Å². The van der Waals surface area contributed by atoms with Crippen molar-refractivity contribution in [3.05, 3.63) is 70.2 Å². The Bertz CT molecular complexity index is 768. The minimum Gasteiger partial charge on any atom is -0.447 e. The third kappa shape index (κ3) is 3.68. The molecule has 23 heavy (non-hydrogen) atoms. The first-order chi connectivity index (χ1) is 11.1. The molecule has 0 radical (unpaired) electrons. The maximum Gasteiger partial charge on any atom is 0.414 e. The predicted molar refractivity (Wildman–Crippen MR) is 92.6 cm³/mol. The highest BCUT2D eigenvalue weighted by Gasteiger charge is 2.23. The van der Waals surface area contributed by atoms with Crippen LogP contribution < -0.4 is 4.90 Å². The van der Waals surface area contributed by atoms with Gasteiger partial charge in [-0.3, -0.25) is 9.69 Å². The average molecular weight is 372 g/mol. The van der Waals surface area contributed by atoms with Crippen molar-refractivity contribution >= 4 is 39.6 Å². The number of hydrogen-bond donors (Lipinski definition) is 0. The molecule has 0 bridgehead atoms. The van der Waals surface area contributed by atoms with Gasteiger partial charge in [-0.05, 0) is 35.9 Å². The third-order valence-corrected chi connectivity index (χ3v) is 4.03. The number of allylic oxidation sites excluding steroid dienone is 1. The number of ether oxygens (including phenoxy) is 1. The van der Waals surface area contributed by atoms with Gasteiger partial charge in [-0.15, -0.1) is 0 Å². The Labute approximate surface area is 142 Å². The number of rotatable bonds is 4. The molecule has 3 rings (SSSR count). The maximum absolute atomic E-state index is 12.3. The van der Waals surface area contributed by atoms with Crippen LogP contribution >= 0.6 is 15.9 Å². The van der Waals surface area contributed by atoms with Gasteiger partial charge in [0.15, 0.2) is 5.78 Å². The van der Waals surface area contributed by atoms with Crippen molar-refractivity contribution in [3.8, 4) is 0 Å². The quantitative estimate of drug-likeness (QED) is 0.594. The van der Waals surface area contributed by atoms with Crippen LogP contribution in [0.25, 0.3) is 6.08 Å². The number of carbonyl (C=O) groups excluding carboxylic acids is 2. The summed E-state index contributed by atoms with van der Waals surface area (Å²) in [6, 6.07) is 14.7. The van der Waals surface area contributed by atoms with Crippen LogP contribution in [0.15, 0.2) is 59.1 Å². The smallest absolute Gasteiger partial charge is 0.414 e. The van der Waals surface area contributed by atoms with E-state index in [1.54, 1.807) is 30.3 Å². The number of benzene rings is 2. The Morgan fingerprint density at radius 3 is 2.65 bits per heavy atom. The lowest BCUT2D eigenvalue weighted by atomic mass is 10.1. The molecule has 1 heterocycles. The number of anilines is 1. The van der Waals surface area contributed by atoms with E-state index in [0.29, 0.717) is 24.4 Å². The molecule has 2 aromatic carbocycles. The number of hydrogen-bond acceptors (Lipinski definition) is 3. The number of halogens is 1. The third-order valence-electron chi connectivity index (χ3n) is 3.50. The molecule has 1 aliphatic rings. The fourth-order valence-electron chi connectivity index (χ4n) is 2.30. The Kier molecular flexibility index (Phi) is 4.57. The number of carbonyl (C=O) groups is 2. The van der Waals surface area contributed by atoms with E-state index in [4.69, 9.17) is 4.74 Å².